The van der Waals surface area contributed by atoms with E-state index in [1.807, 2.05) is 13.8 Å². The van der Waals surface area contributed by atoms with Gasteiger partial charge in [-0.25, -0.2) is 0 Å². The maximum atomic E-state index is 13.9. The Morgan fingerprint density at radius 1 is 1.05 bits per heavy atom. The predicted molar refractivity (Wildman–Crippen MR) is 142 cm³/mol. The van der Waals surface area contributed by atoms with Gasteiger partial charge in [-0.2, -0.15) is 13.2 Å². The Labute approximate surface area is 242 Å². The van der Waals surface area contributed by atoms with Crippen molar-refractivity contribution in [2.75, 3.05) is 13.1 Å². The van der Waals surface area contributed by atoms with Gasteiger partial charge in [0.15, 0.2) is 0 Å². The van der Waals surface area contributed by atoms with E-state index in [1.54, 1.807) is 5.32 Å². The predicted octanol–water partition coefficient (Wildman–Crippen LogP) is 0.811. The lowest BCUT2D eigenvalue weighted by Gasteiger charge is -2.38. The molecular weight excluding hydrogens is 559 g/mol. The van der Waals surface area contributed by atoms with Gasteiger partial charge < -0.3 is 26.2 Å². The van der Waals surface area contributed by atoms with Crippen molar-refractivity contribution in [2.45, 2.75) is 97.1 Å². The Morgan fingerprint density at radius 3 is 2.24 bits per heavy atom. The van der Waals surface area contributed by atoms with Crippen LogP contribution in [-0.4, -0.2) is 83.7 Å². The molecule has 2 aliphatic carbocycles. The van der Waals surface area contributed by atoms with Crippen LogP contribution in [0.25, 0.3) is 0 Å². The van der Waals surface area contributed by atoms with Gasteiger partial charge in [0.2, 0.25) is 23.5 Å². The SMILES string of the molecule is CC(C)(C)C(NC(=O)C(F)(F)F)C(=O)N1CC2C(C1C(=O)NC(CC1CCCNC1=O)C(=O)C(=O)NC1CC1)C2(C)C. The van der Waals surface area contributed by atoms with Gasteiger partial charge in [-0.05, 0) is 54.8 Å². The number of carbonyl (C=O) groups is 6. The van der Waals surface area contributed by atoms with Crippen LogP contribution in [0.15, 0.2) is 0 Å². The summed E-state index contributed by atoms with van der Waals surface area (Å²) in [6, 6.07) is -4.19. The molecule has 0 aromatic carbocycles. The maximum absolute atomic E-state index is 13.9. The number of nitrogens with zero attached hydrogens (tertiary/aromatic N) is 1. The number of piperidine rings is 2. The normalized spacial score (nSPS) is 28.1. The molecule has 14 heteroatoms. The maximum Gasteiger partial charge on any atom is 0.471 e. The molecule has 0 spiro atoms. The summed E-state index contributed by atoms with van der Waals surface area (Å²) in [4.78, 5) is 79.0. The van der Waals surface area contributed by atoms with Crippen LogP contribution in [0.5, 0.6) is 0 Å². The monoisotopic (exact) mass is 599 g/mol. The fraction of sp³-hybridized carbons (Fsp3) is 0.786. The number of hydrogen-bond acceptors (Lipinski definition) is 6. The van der Waals surface area contributed by atoms with E-state index in [1.165, 1.54) is 25.7 Å². The Morgan fingerprint density at radius 2 is 1.69 bits per heavy atom. The van der Waals surface area contributed by atoms with Crippen LogP contribution in [0.4, 0.5) is 13.2 Å². The van der Waals surface area contributed by atoms with Gasteiger partial charge in [0, 0.05) is 25.0 Å². The molecule has 0 aromatic rings. The van der Waals surface area contributed by atoms with Gasteiger partial charge in [0.05, 0.1) is 6.04 Å². The molecule has 4 N–H and O–H groups in total. The molecule has 234 valence electrons. The zero-order valence-electron chi connectivity index (χ0n) is 24.5. The minimum absolute atomic E-state index is 0.0782. The first-order valence-corrected chi connectivity index (χ1v) is 14.4. The van der Waals surface area contributed by atoms with Gasteiger partial charge >= 0.3 is 12.1 Å². The first kappa shape index (κ1) is 31.7. The van der Waals surface area contributed by atoms with E-state index in [2.05, 4.69) is 16.0 Å². The van der Waals surface area contributed by atoms with Crippen molar-refractivity contribution in [3.05, 3.63) is 0 Å². The summed E-state index contributed by atoms with van der Waals surface area (Å²) in [6.45, 7) is 8.90. The van der Waals surface area contributed by atoms with Gasteiger partial charge in [0.1, 0.15) is 12.1 Å². The number of halogens is 3. The van der Waals surface area contributed by atoms with Gasteiger partial charge in [-0.15, -0.1) is 0 Å². The summed E-state index contributed by atoms with van der Waals surface area (Å²) >= 11 is 0. The van der Waals surface area contributed by atoms with Crippen LogP contribution >= 0.6 is 0 Å². The van der Waals surface area contributed by atoms with Crippen LogP contribution in [-0.2, 0) is 28.8 Å². The third-order valence-electron chi connectivity index (χ3n) is 9.10. The topological polar surface area (TPSA) is 154 Å². The molecule has 5 amide bonds. The van der Waals surface area contributed by atoms with Crippen molar-refractivity contribution in [1.82, 2.24) is 26.2 Å². The molecule has 42 heavy (non-hydrogen) atoms. The largest absolute Gasteiger partial charge is 0.471 e. The van der Waals surface area contributed by atoms with E-state index in [9.17, 15) is 41.9 Å². The molecule has 4 aliphatic rings. The van der Waals surface area contributed by atoms with Gasteiger partial charge in [-0.1, -0.05) is 34.6 Å². The number of ketones is 1. The molecule has 4 fully saturated rings. The highest BCUT2D eigenvalue weighted by Gasteiger charge is 2.70. The van der Waals surface area contributed by atoms with Gasteiger partial charge in [0.25, 0.3) is 5.91 Å². The quantitative estimate of drug-likeness (QED) is 0.288. The molecule has 2 saturated carbocycles. The molecule has 2 saturated heterocycles. The highest BCUT2D eigenvalue weighted by molar-refractivity contribution is 6.38. The van der Waals surface area contributed by atoms with Crippen molar-refractivity contribution in [3.63, 3.8) is 0 Å². The minimum atomic E-state index is -5.21. The molecule has 6 unspecified atom stereocenters. The summed E-state index contributed by atoms with van der Waals surface area (Å²) in [5, 5.41) is 9.77. The number of amides is 5. The number of rotatable bonds is 9. The van der Waals surface area contributed by atoms with Crippen molar-refractivity contribution in [2.24, 2.45) is 28.6 Å². The highest BCUT2D eigenvalue weighted by atomic mass is 19.4. The summed E-state index contributed by atoms with van der Waals surface area (Å²) < 4.78 is 39.3. The fourth-order valence-corrected chi connectivity index (χ4v) is 6.32. The average molecular weight is 600 g/mol. The first-order valence-electron chi connectivity index (χ1n) is 14.4. The van der Waals surface area contributed by atoms with Crippen LogP contribution < -0.4 is 21.3 Å². The highest BCUT2D eigenvalue weighted by Crippen LogP contribution is 2.65. The van der Waals surface area contributed by atoms with Crippen LogP contribution in [0.3, 0.4) is 0 Å². The van der Waals surface area contributed by atoms with E-state index >= 15 is 0 Å². The molecule has 11 nitrogen and oxygen atoms in total. The van der Waals surface area contributed by atoms with Crippen LogP contribution in [0, 0.1) is 28.6 Å². The lowest BCUT2D eigenvalue weighted by Crippen LogP contribution is -2.61. The van der Waals surface area contributed by atoms with E-state index in [4.69, 9.17) is 0 Å². The van der Waals surface area contributed by atoms with Crippen LogP contribution in [0.2, 0.25) is 0 Å². The molecule has 4 rings (SSSR count). The number of likely N-dealkylation sites (tertiary alicyclic amines) is 1. The van der Waals surface area contributed by atoms with E-state index in [0.29, 0.717) is 19.4 Å². The second kappa shape index (κ2) is 11.1. The molecule has 0 bridgehead atoms. The standard InChI is InChI=1S/C28H40F3N5O6/c1-26(2,3)20(35-25(42)28(29,30)31)24(41)36-12-15-17(27(15,4)5)18(36)22(39)34-16(11-13-7-6-10-32-21(13)38)19(37)23(40)33-14-8-9-14/h13-18,20H,6-12H2,1-5H3,(H,32,38)(H,33,40)(H,34,39)(H,35,42). The number of carbonyl (C=O) groups excluding carboxylic acids is 6. The third kappa shape index (κ3) is 6.56. The first-order chi connectivity index (χ1) is 19.3. The third-order valence-corrected chi connectivity index (χ3v) is 9.10. The summed E-state index contributed by atoms with van der Waals surface area (Å²) in [5.74, 6) is -7.00. The molecular formula is C28H40F3N5O6. The summed E-state index contributed by atoms with van der Waals surface area (Å²) in [7, 11) is 0. The number of alkyl halides is 3. The molecule has 6 atom stereocenters. The molecule has 0 aromatic heterocycles. The number of nitrogens with one attached hydrogen (secondary N) is 4. The number of hydrogen-bond donors (Lipinski definition) is 4. The lowest BCUT2D eigenvalue weighted by atomic mass is 9.85. The van der Waals surface area contributed by atoms with E-state index < -0.39 is 65.0 Å². The Balaban J connectivity index is 1.58. The lowest BCUT2D eigenvalue weighted by molar-refractivity contribution is -0.176. The minimum Gasteiger partial charge on any atom is -0.356 e. The second-order valence-electron chi connectivity index (χ2n) is 13.7. The van der Waals surface area contributed by atoms with Crippen molar-refractivity contribution < 1.29 is 41.9 Å². The fourth-order valence-electron chi connectivity index (χ4n) is 6.32. The number of Topliss-reactive ketones (excluding diaryl/α,β-unsaturated/α-hetero) is 1. The van der Waals surface area contributed by atoms with Crippen molar-refractivity contribution in [3.8, 4) is 0 Å². The zero-order chi connectivity index (χ0) is 31.4. The van der Waals surface area contributed by atoms with Gasteiger partial charge in [-0.3, -0.25) is 28.8 Å². The van der Waals surface area contributed by atoms with Crippen molar-refractivity contribution >= 4 is 35.3 Å². The molecule has 0 radical (unpaired) electrons. The summed E-state index contributed by atoms with van der Waals surface area (Å²) in [6.07, 6.45) is -2.72. The van der Waals surface area contributed by atoms with E-state index in [0.717, 1.165) is 12.8 Å². The molecule has 2 aliphatic heterocycles. The molecule has 2 heterocycles. The Bertz CT molecular complexity index is 1160. The zero-order valence-corrected chi connectivity index (χ0v) is 24.5. The average Bonchev–Trinajstić information content (AvgIpc) is 3.73. The second-order valence-corrected chi connectivity index (χ2v) is 13.7. The number of fused-ring (bicyclic) bond motifs is 1. The Kier molecular flexibility index (Phi) is 8.42. The van der Waals surface area contributed by atoms with E-state index in [-0.39, 0.29) is 42.2 Å². The van der Waals surface area contributed by atoms with Crippen molar-refractivity contribution in [1.29, 1.82) is 0 Å². The van der Waals surface area contributed by atoms with Crippen LogP contribution in [0.1, 0.15) is 66.7 Å². The smallest absolute Gasteiger partial charge is 0.356 e. The summed E-state index contributed by atoms with van der Waals surface area (Å²) in [5.41, 5.74) is -1.49. The Hall–Kier alpha value is -3.19.